The van der Waals surface area contributed by atoms with Crippen molar-refractivity contribution in [2.24, 2.45) is 0 Å². The summed E-state index contributed by atoms with van der Waals surface area (Å²) >= 11 is 1.55. The highest BCUT2D eigenvalue weighted by atomic mass is 32.1. The first kappa shape index (κ1) is 11.9. The Kier molecular flexibility index (Phi) is 4.21. The molecule has 16 heavy (non-hydrogen) atoms. The predicted octanol–water partition coefficient (Wildman–Crippen LogP) is 2.75. The van der Waals surface area contributed by atoms with Crippen LogP contribution in [0, 0.1) is 0 Å². The van der Waals surface area contributed by atoms with Gasteiger partial charge in [0.25, 0.3) is 0 Å². The third kappa shape index (κ3) is 2.97. The van der Waals surface area contributed by atoms with Crippen LogP contribution in [0.4, 0.5) is 0 Å². The minimum Gasteiger partial charge on any atom is -0.496 e. The summed E-state index contributed by atoms with van der Waals surface area (Å²) in [6.45, 7) is 0.883. The highest BCUT2D eigenvalue weighted by molar-refractivity contribution is 7.10. The van der Waals surface area contributed by atoms with Crippen LogP contribution in [0.2, 0.25) is 0 Å². The summed E-state index contributed by atoms with van der Waals surface area (Å²) < 4.78 is 10.6. The molecule has 1 aromatic rings. The Hall–Kier alpha value is -0.580. The topological polar surface area (TPSA) is 38.7 Å². The summed E-state index contributed by atoms with van der Waals surface area (Å²) in [5.41, 5.74) is 0. The van der Waals surface area contributed by atoms with E-state index >= 15 is 0 Å². The summed E-state index contributed by atoms with van der Waals surface area (Å²) in [4.78, 5) is 0.981. The van der Waals surface area contributed by atoms with Gasteiger partial charge in [-0.15, -0.1) is 11.3 Å². The maximum atomic E-state index is 9.99. The Morgan fingerprint density at radius 3 is 3.19 bits per heavy atom. The number of aliphatic hydroxyl groups excluding tert-OH is 1. The van der Waals surface area contributed by atoms with E-state index in [-0.39, 0.29) is 6.10 Å². The molecule has 1 saturated heterocycles. The van der Waals surface area contributed by atoms with Gasteiger partial charge in [0, 0.05) is 16.9 Å². The summed E-state index contributed by atoms with van der Waals surface area (Å²) in [5.74, 6) is 0.830. The normalized spacial score (nSPS) is 22.2. The molecule has 2 heterocycles. The molecule has 90 valence electrons. The van der Waals surface area contributed by atoms with E-state index in [4.69, 9.17) is 9.47 Å². The molecule has 0 spiro atoms. The van der Waals surface area contributed by atoms with Crippen molar-refractivity contribution in [2.75, 3.05) is 13.7 Å². The van der Waals surface area contributed by atoms with Crippen molar-refractivity contribution in [1.82, 2.24) is 0 Å². The second-order valence-electron chi connectivity index (χ2n) is 4.12. The van der Waals surface area contributed by atoms with Crippen LogP contribution in [0.5, 0.6) is 5.75 Å². The first-order valence-corrected chi connectivity index (χ1v) is 6.59. The van der Waals surface area contributed by atoms with Crippen molar-refractivity contribution in [3.05, 3.63) is 16.3 Å². The molecule has 2 atom stereocenters. The number of hydrogen-bond acceptors (Lipinski definition) is 4. The van der Waals surface area contributed by atoms with Crippen molar-refractivity contribution in [3.63, 3.8) is 0 Å². The van der Waals surface area contributed by atoms with Gasteiger partial charge >= 0.3 is 0 Å². The second-order valence-corrected chi connectivity index (χ2v) is 5.06. The Morgan fingerprint density at radius 1 is 1.69 bits per heavy atom. The van der Waals surface area contributed by atoms with E-state index in [0.29, 0.717) is 6.10 Å². The number of hydrogen-bond donors (Lipinski definition) is 1. The SMILES string of the molecule is COc1csc(C(O)CCC2CCCO2)c1. The number of rotatable bonds is 5. The third-order valence-corrected chi connectivity index (χ3v) is 3.96. The Labute approximate surface area is 100 Å². The molecule has 0 aliphatic carbocycles. The van der Waals surface area contributed by atoms with Crippen LogP contribution in [0.15, 0.2) is 11.4 Å². The van der Waals surface area contributed by atoms with E-state index in [1.807, 2.05) is 11.4 Å². The molecule has 1 aliphatic rings. The monoisotopic (exact) mass is 242 g/mol. The lowest BCUT2D eigenvalue weighted by Crippen LogP contribution is -2.07. The lowest BCUT2D eigenvalue weighted by molar-refractivity contribution is 0.0820. The van der Waals surface area contributed by atoms with E-state index in [1.54, 1.807) is 18.4 Å². The first-order valence-electron chi connectivity index (χ1n) is 5.71. The van der Waals surface area contributed by atoms with E-state index in [2.05, 4.69) is 0 Å². The molecular formula is C12H18O3S. The fourth-order valence-corrected chi connectivity index (χ4v) is 2.85. The smallest absolute Gasteiger partial charge is 0.129 e. The highest BCUT2D eigenvalue weighted by Crippen LogP contribution is 2.30. The van der Waals surface area contributed by atoms with E-state index in [9.17, 15) is 5.11 Å². The number of ether oxygens (including phenoxy) is 2. The fraction of sp³-hybridized carbons (Fsp3) is 0.667. The highest BCUT2D eigenvalue weighted by Gasteiger charge is 2.18. The van der Waals surface area contributed by atoms with Crippen LogP contribution in [0.25, 0.3) is 0 Å². The molecule has 1 aromatic heterocycles. The quantitative estimate of drug-likeness (QED) is 0.863. The maximum absolute atomic E-state index is 9.99. The van der Waals surface area contributed by atoms with Crippen molar-refractivity contribution in [2.45, 2.75) is 37.9 Å². The molecule has 0 aromatic carbocycles. The number of thiophene rings is 1. The summed E-state index contributed by atoms with van der Waals surface area (Å²) in [5, 5.41) is 11.9. The van der Waals surface area contributed by atoms with E-state index < -0.39 is 0 Å². The zero-order chi connectivity index (χ0) is 11.4. The number of methoxy groups -OCH3 is 1. The van der Waals surface area contributed by atoms with Gasteiger partial charge in [-0.05, 0) is 31.7 Å². The van der Waals surface area contributed by atoms with Crippen molar-refractivity contribution < 1.29 is 14.6 Å². The van der Waals surface area contributed by atoms with Gasteiger partial charge in [0.1, 0.15) is 5.75 Å². The van der Waals surface area contributed by atoms with E-state index in [0.717, 1.165) is 42.9 Å². The van der Waals surface area contributed by atoms with Crippen LogP contribution < -0.4 is 4.74 Å². The van der Waals surface area contributed by atoms with Gasteiger partial charge in [0.05, 0.1) is 19.3 Å². The molecule has 2 unspecified atom stereocenters. The van der Waals surface area contributed by atoms with Crippen LogP contribution in [0.1, 0.15) is 36.7 Å². The molecule has 2 rings (SSSR count). The Balaban J connectivity index is 1.80. The molecule has 0 radical (unpaired) electrons. The van der Waals surface area contributed by atoms with Gasteiger partial charge in [-0.3, -0.25) is 0 Å². The van der Waals surface area contributed by atoms with Gasteiger partial charge < -0.3 is 14.6 Å². The van der Waals surface area contributed by atoms with Crippen LogP contribution in [-0.2, 0) is 4.74 Å². The maximum Gasteiger partial charge on any atom is 0.129 e. The van der Waals surface area contributed by atoms with Gasteiger partial charge in [0.15, 0.2) is 0 Å². The minimum absolute atomic E-state index is 0.358. The first-order chi connectivity index (χ1) is 7.79. The largest absolute Gasteiger partial charge is 0.496 e. The second kappa shape index (κ2) is 5.66. The van der Waals surface area contributed by atoms with Gasteiger partial charge in [0.2, 0.25) is 0 Å². The Morgan fingerprint density at radius 2 is 2.56 bits per heavy atom. The molecule has 1 fully saturated rings. The average molecular weight is 242 g/mol. The van der Waals surface area contributed by atoms with Crippen molar-refractivity contribution in [3.8, 4) is 5.75 Å². The molecule has 0 bridgehead atoms. The number of aliphatic hydroxyl groups is 1. The third-order valence-electron chi connectivity index (χ3n) is 2.95. The molecule has 0 amide bonds. The molecule has 1 N–H and O–H groups in total. The summed E-state index contributed by atoms with van der Waals surface area (Å²) in [6, 6.07) is 1.91. The lowest BCUT2D eigenvalue weighted by atomic mass is 10.1. The zero-order valence-corrected chi connectivity index (χ0v) is 10.3. The van der Waals surface area contributed by atoms with E-state index in [1.165, 1.54) is 0 Å². The lowest BCUT2D eigenvalue weighted by Gasteiger charge is -2.12. The standard InChI is InChI=1S/C12H18O3S/c1-14-10-7-12(16-8-10)11(13)5-4-9-3-2-6-15-9/h7-9,11,13H,2-6H2,1H3. The molecule has 3 nitrogen and oxygen atoms in total. The molecular weight excluding hydrogens is 224 g/mol. The predicted molar refractivity (Wildman–Crippen MR) is 64.0 cm³/mol. The van der Waals surface area contributed by atoms with Crippen LogP contribution in [0.3, 0.4) is 0 Å². The summed E-state index contributed by atoms with van der Waals surface area (Å²) in [7, 11) is 1.64. The molecule has 1 aliphatic heterocycles. The fourth-order valence-electron chi connectivity index (χ4n) is 1.97. The molecule has 4 heteroatoms. The van der Waals surface area contributed by atoms with Crippen molar-refractivity contribution >= 4 is 11.3 Å². The van der Waals surface area contributed by atoms with Crippen LogP contribution >= 0.6 is 11.3 Å². The zero-order valence-electron chi connectivity index (χ0n) is 9.52. The van der Waals surface area contributed by atoms with Crippen molar-refractivity contribution in [1.29, 1.82) is 0 Å². The van der Waals surface area contributed by atoms with Crippen LogP contribution in [-0.4, -0.2) is 24.9 Å². The average Bonchev–Trinajstić information content (AvgIpc) is 2.96. The van der Waals surface area contributed by atoms with Gasteiger partial charge in [-0.25, -0.2) is 0 Å². The van der Waals surface area contributed by atoms with Gasteiger partial charge in [-0.2, -0.15) is 0 Å². The summed E-state index contributed by atoms with van der Waals surface area (Å²) in [6.07, 6.45) is 4.00. The minimum atomic E-state index is -0.377. The Bertz CT molecular complexity index is 318. The van der Waals surface area contributed by atoms with Gasteiger partial charge in [-0.1, -0.05) is 0 Å². The molecule has 0 saturated carbocycles.